The summed E-state index contributed by atoms with van der Waals surface area (Å²) in [6.07, 6.45) is 3.58. The summed E-state index contributed by atoms with van der Waals surface area (Å²) in [5, 5.41) is 7.58. The summed E-state index contributed by atoms with van der Waals surface area (Å²) < 4.78 is 42.8. The molecule has 5 rings (SSSR count). The van der Waals surface area contributed by atoms with Crippen LogP contribution in [-0.4, -0.2) is 52.0 Å². The Balaban J connectivity index is 1.37. The minimum absolute atomic E-state index is 0.133. The molecule has 29 heavy (non-hydrogen) atoms. The monoisotopic (exact) mass is 419 g/mol. The number of benzene rings is 1. The van der Waals surface area contributed by atoms with E-state index in [0.717, 1.165) is 30.6 Å². The highest BCUT2D eigenvalue weighted by Crippen LogP contribution is 2.39. The lowest BCUT2D eigenvalue weighted by molar-refractivity contribution is -0.123. The highest BCUT2D eigenvalue weighted by molar-refractivity contribution is 7.89. The van der Waals surface area contributed by atoms with Crippen LogP contribution in [0.2, 0.25) is 0 Å². The Morgan fingerprint density at radius 3 is 2.59 bits per heavy atom. The van der Waals surface area contributed by atoms with Gasteiger partial charge in [0, 0.05) is 31.0 Å². The molecule has 1 N–H and O–H groups in total. The first-order valence-electron chi connectivity index (χ1n) is 9.86. The van der Waals surface area contributed by atoms with Crippen LogP contribution in [0.4, 0.5) is 4.39 Å². The zero-order chi connectivity index (χ0) is 20.2. The first-order valence-corrected chi connectivity index (χ1v) is 11.3. The molecule has 8 nitrogen and oxygen atoms in total. The minimum atomic E-state index is -3.92. The van der Waals surface area contributed by atoms with Crippen LogP contribution in [0.25, 0.3) is 0 Å². The lowest BCUT2D eigenvalue weighted by Gasteiger charge is -2.40. The number of aromatic nitrogens is 3. The molecule has 2 aromatic rings. The number of halogens is 1. The second kappa shape index (κ2) is 6.60. The highest BCUT2D eigenvalue weighted by Gasteiger charge is 2.43. The van der Waals surface area contributed by atoms with E-state index in [1.54, 1.807) is 4.68 Å². The van der Waals surface area contributed by atoms with Crippen LogP contribution in [0.3, 0.4) is 0 Å². The van der Waals surface area contributed by atoms with Gasteiger partial charge in [-0.25, -0.2) is 22.5 Å². The van der Waals surface area contributed by atoms with Gasteiger partial charge in [-0.05, 0) is 37.8 Å². The first-order chi connectivity index (χ1) is 13.9. The number of sulfonamides is 1. The maximum absolute atomic E-state index is 14.1. The summed E-state index contributed by atoms with van der Waals surface area (Å²) in [7, 11) is -3.92. The van der Waals surface area contributed by atoms with Gasteiger partial charge in [0.25, 0.3) is 0 Å². The molecule has 0 bridgehead atoms. The Bertz CT molecular complexity index is 1070. The van der Waals surface area contributed by atoms with E-state index in [2.05, 4.69) is 15.4 Å². The predicted octanol–water partition coefficient (Wildman–Crippen LogP) is 1.19. The largest absolute Gasteiger partial charge is 0.349 e. The number of fused-ring (bicyclic) bond motifs is 1. The van der Waals surface area contributed by atoms with E-state index < -0.39 is 21.4 Å². The number of hydrogen-bond donors (Lipinski definition) is 1. The highest BCUT2D eigenvalue weighted by atomic mass is 32.2. The molecule has 1 aromatic heterocycles. The van der Waals surface area contributed by atoms with Crippen LogP contribution in [0.15, 0.2) is 29.2 Å². The smallest absolute Gasteiger partial charge is 0.245 e. The van der Waals surface area contributed by atoms with Gasteiger partial charge in [-0.2, -0.15) is 9.40 Å². The van der Waals surface area contributed by atoms with Gasteiger partial charge in [-0.3, -0.25) is 4.79 Å². The molecule has 1 amide bonds. The number of piperidine rings is 1. The van der Waals surface area contributed by atoms with Crippen molar-refractivity contribution in [1.29, 1.82) is 0 Å². The van der Waals surface area contributed by atoms with E-state index >= 15 is 0 Å². The lowest BCUT2D eigenvalue weighted by Crippen LogP contribution is -2.56. The van der Waals surface area contributed by atoms with Gasteiger partial charge in [0.05, 0.1) is 0 Å². The molecule has 0 unspecified atom stereocenters. The maximum Gasteiger partial charge on any atom is 0.245 e. The number of nitrogens with zero attached hydrogens (tertiary/aromatic N) is 4. The van der Waals surface area contributed by atoms with Gasteiger partial charge in [0.2, 0.25) is 15.9 Å². The molecule has 1 aromatic carbocycles. The van der Waals surface area contributed by atoms with E-state index in [-0.39, 0.29) is 30.4 Å². The molecule has 2 fully saturated rings. The van der Waals surface area contributed by atoms with Gasteiger partial charge < -0.3 is 5.32 Å². The second-order valence-corrected chi connectivity index (χ2v) is 10.1. The minimum Gasteiger partial charge on any atom is -0.349 e. The summed E-state index contributed by atoms with van der Waals surface area (Å²) in [5.41, 5.74) is -0.555. The molecular weight excluding hydrogens is 397 g/mol. The fraction of sp³-hybridized carbons (Fsp3) is 0.526. The van der Waals surface area contributed by atoms with Crippen molar-refractivity contribution in [1.82, 2.24) is 24.4 Å². The maximum atomic E-state index is 14.1. The lowest BCUT2D eigenvalue weighted by atomic mass is 9.85. The fourth-order valence-corrected chi connectivity index (χ4v) is 5.74. The third kappa shape index (κ3) is 3.33. The number of amides is 1. The van der Waals surface area contributed by atoms with Crippen molar-refractivity contribution in [2.24, 2.45) is 0 Å². The topological polar surface area (TPSA) is 97.2 Å². The molecule has 0 radical (unpaired) electrons. The standard InChI is InChI=1S/C19H22FN5O3S/c20-14-3-1-2-4-15(14)29(27,28)24-9-7-19(8-10-24)11-16-21-18(13-5-6-13)23-25(16)12-17(26)22-19/h1-4,13H,5-12H2,(H,22,26). The third-order valence-electron chi connectivity index (χ3n) is 6.04. The summed E-state index contributed by atoms with van der Waals surface area (Å²) in [4.78, 5) is 16.8. The molecule has 1 saturated carbocycles. The van der Waals surface area contributed by atoms with Crippen LogP contribution in [-0.2, 0) is 27.8 Å². The zero-order valence-electron chi connectivity index (χ0n) is 15.8. The number of hydrogen-bond acceptors (Lipinski definition) is 5. The van der Waals surface area contributed by atoms with E-state index in [1.807, 2.05) is 0 Å². The Morgan fingerprint density at radius 1 is 1.17 bits per heavy atom. The average molecular weight is 419 g/mol. The molecule has 2 aliphatic heterocycles. The van der Waals surface area contributed by atoms with Gasteiger partial charge in [0.15, 0.2) is 5.82 Å². The van der Waals surface area contributed by atoms with Crippen molar-refractivity contribution < 1.29 is 17.6 Å². The summed E-state index contributed by atoms with van der Waals surface area (Å²) >= 11 is 0. The molecule has 0 atom stereocenters. The number of carbonyl (C=O) groups is 1. The van der Waals surface area contributed by atoms with Crippen molar-refractivity contribution in [2.75, 3.05) is 13.1 Å². The first kappa shape index (κ1) is 18.7. The van der Waals surface area contributed by atoms with E-state index in [4.69, 9.17) is 0 Å². The SMILES string of the molecule is O=C1Cn2nc(C3CC3)nc2CC2(CCN(S(=O)(=O)c3ccccc3F)CC2)N1. The van der Waals surface area contributed by atoms with Crippen LogP contribution in [0.5, 0.6) is 0 Å². The Hall–Kier alpha value is -2.33. The molecular formula is C19H22FN5O3S. The van der Waals surface area contributed by atoms with Gasteiger partial charge >= 0.3 is 0 Å². The molecule has 3 heterocycles. The van der Waals surface area contributed by atoms with Crippen molar-refractivity contribution >= 4 is 15.9 Å². The van der Waals surface area contributed by atoms with Crippen molar-refractivity contribution in [3.8, 4) is 0 Å². The van der Waals surface area contributed by atoms with Crippen molar-refractivity contribution in [3.63, 3.8) is 0 Å². The Kier molecular flexibility index (Phi) is 4.25. The molecule has 1 aliphatic carbocycles. The van der Waals surface area contributed by atoms with E-state index in [1.165, 1.54) is 22.5 Å². The zero-order valence-corrected chi connectivity index (χ0v) is 16.7. The quantitative estimate of drug-likeness (QED) is 0.806. The van der Waals surface area contributed by atoms with Gasteiger partial charge in [-0.1, -0.05) is 12.1 Å². The van der Waals surface area contributed by atoms with Gasteiger partial charge in [0.1, 0.15) is 23.1 Å². The average Bonchev–Trinajstić information content (AvgIpc) is 3.47. The number of rotatable bonds is 3. The molecule has 1 saturated heterocycles. The molecule has 3 aliphatic rings. The number of nitrogens with one attached hydrogen (secondary N) is 1. The molecule has 154 valence electrons. The van der Waals surface area contributed by atoms with Crippen LogP contribution >= 0.6 is 0 Å². The van der Waals surface area contributed by atoms with E-state index in [0.29, 0.717) is 25.2 Å². The Morgan fingerprint density at radius 2 is 1.90 bits per heavy atom. The second-order valence-electron chi connectivity index (χ2n) is 8.16. The molecule has 10 heteroatoms. The van der Waals surface area contributed by atoms with Crippen molar-refractivity contribution in [2.45, 2.75) is 55.0 Å². The van der Waals surface area contributed by atoms with E-state index in [9.17, 15) is 17.6 Å². The summed E-state index contributed by atoms with van der Waals surface area (Å²) in [5.74, 6) is 1.10. The third-order valence-corrected chi connectivity index (χ3v) is 7.97. The fourth-order valence-electron chi connectivity index (χ4n) is 4.23. The number of carbonyl (C=O) groups excluding carboxylic acids is 1. The predicted molar refractivity (Wildman–Crippen MR) is 101 cm³/mol. The van der Waals surface area contributed by atoms with Crippen LogP contribution < -0.4 is 5.32 Å². The van der Waals surface area contributed by atoms with Crippen LogP contribution in [0, 0.1) is 5.82 Å². The summed E-state index contributed by atoms with van der Waals surface area (Å²) in [6, 6.07) is 5.41. The molecule has 1 spiro atoms. The van der Waals surface area contributed by atoms with Gasteiger partial charge in [-0.15, -0.1) is 0 Å². The van der Waals surface area contributed by atoms with Crippen LogP contribution in [0.1, 0.15) is 43.3 Å². The Labute approximate surface area is 168 Å². The van der Waals surface area contributed by atoms with Crippen molar-refractivity contribution in [3.05, 3.63) is 41.7 Å². The summed E-state index contributed by atoms with van der Waals surface area (Å²) in [6.45, 7) is 0.551. The normalized spacial score (nSPS) is 22.2.